The van der Waals surface area contributed by atoms with Gasteiger partial charge in [-0.2, -0.15) is 0 Å². The Balaban J connectivity index is 2.02. The third-order valence-corrected chi connectivity index (χ3v) is 4.84. The third kappa shape index (κ3) is 3.42. The van der Waals surface area contributed by atoms with Gasteiger partial charge >= 0.3 is 0 Å². The first-order valence-electron chi connectivity index (χ1n) is 7.51. The van der Waals surface area contributed by atoms with Gasteiger partial charge in [-0.3, -0.25) is 9.69 Å². The summed E-state index contributed by atoms with van der Waals surface area (Å²) in [4.78, 5) is 14.3. The lowest BCUT2D eigenvalue weighted by Crippen LogP contribution is -2.30. The Morgan fingerprint density at radius 1 is 1.35 bits per heavy atom. The summed E-state index contributed by atoms with van der Waals surface area (Å²) in [5.74, 6) is -0.0896. The van der Waals surface area contributed by atoms with Crippen molar-refractivity contribution >= 4 is 62.5 Å². The van der Waals surface area contributed by atoms with Crippen LogP contribution in [0, 0.1) is 6.92 Å². The van der Waals surface area contributed by atoms with Crippen LogP contribution in [0.4, 0.5) is 5.69 Å². The van der Waals surface area contributed by atoms with Crippen molar-refractivity contribution in [2.45, 2.75) is 6.92 Å². The van der Waals surface area contributed by atoms with E-state index in [1.165, 1.54) is 18.1 Å². The van der Waals surface area contributed by atoms with E-state index in [-0.39, 0.29) is 22.5 Å². The van der Waals surface area contributed by atoms with Gasteiger partial charge in [-0.05, 0) is 61.1 Å². The van der Waals surface area contributed by atoms with Crippen LogP contribution in [0.15, 0.2) is 40.5 Å². The van der Waals surface area contributed by atoms with Crippen LogP contribution in [0.5, 0.6) is 11.5 Å². The molecule has 8 heteroatoms. The average Bonchev–Trinajstić information content (AvgIpc) is 2.85. The van der Waals surface area contributed by atoms with Crippen LogP contribution in [0.25, 0.3) is 6.08 Å². The highest BCUT2D eigenvalue weighted by Gasteiger charge is 2.33. The van der Waals surface area contributed by atoms with Crippen molar-refractivity contribution in [1.29, 1.82) is 0 Å². The van der Waals surface area contributed by atoms with E-state index in [9.17, 15) is 9.90 Å². The monoisotopic (exact) mass is 452 g/mol. The van der Waals surface area contributed by atoms with E-state index in [4.69, 9.17) is 28.6 Å². The highest BCUT2D eigenvalue weighted by atomic mass is 79.9. The molecule has 1 saturated heterocycles. The number of nitrogens with zero attached hydrogens (tertiary/aromatic N) is 1. The van der Waals surface area contributed by atoms with Gasteiger partial charge in [0.2, 0.25) is 0 Å². The standard InChI is InChI=1S/C18H14BrClN2O3S/c1-9-5-12(20)3-4-14(9)22-17(24)13(21-18(22)26)7-10-6-11(19)8-15(25-2)16(10)23/h3-8,23H,1-2H3,(H,21,26). The van der Waals surface area contributed by atoms with E-state index in [1.54, 1.807) is 30.3 Å². The lowest BCUT2D eigenvalue weighted by molar-refractivity contribution is -0.113. The number of thiocarbonyl (C=S) groups is 1. The average molecular weight is 454 g/mol. The van der Waals surface area contributed by atoms with Gasteiger partial charge < -0.3 is 15.2 Å². The quantitative estimate of drug-likeness (QED) is 0.533. The Bertz CT molecular complexity index is 962. The molecule has 0 atom stereocenters. The molecule has 0 aromatic heterocycles. The van der Waals surface area contributed by atoms with E-state index in [0.717, 1.165) is 5.56 Å². The minimum Gasteiger partial charge on any atom is -0.504 e. The fourth-order valence-electron chi connectivity index (χ4n) is 2.64. The Morgan fingerprint density at radius 3 is 2.73 bits per heavy atom. The summed E-state index contributed by atoms with van der Waals surface area (Å²) < 4.78 is 5.84. The predicted octanol–water partition coefficient (Wildman–Crippen LogP) is 4.39. The number of amides is 1. The zero-order valence-corrected chi connectivity index (χ0v) is 17.0. The fraction of sp³-hybridized carbons (Fsp3) is 0.111. The first kappa shape index (κ1) is 18.7. The van der Waals surface area contributed by atoms with Crippen molar-refractivity contribution in [3.63, 3.8) is 0 Å². The normalized spacial score (nSPS) is 15.5. The Labute approximate surface area is 169 Å². The molecule has 1 heterocycles. The number of phenols is 1. The molecule has 3 rings (SSSR count). The Morgan fingerprint density at radius 2 is 2.08 bits per heavy atom. The second-order valence-corrected chi connectivity index (χ2v) is 7.34. The number of anilines is 1. The van der Waals surface area contributed by atoms with Crippen molar-refractivity contribution < 1.29 is 14.6 Å². The maximum absolute atomic E-state index is 12.9. The molecular formula is C18H14BrClN2O3S. The number of carbonyl (C=O) groups excluding carboxylic acids is 1. The van der Waals surface area contributed by atoms with E-state index in [0.29, 0.717) is 26.5 Å². The number of rotatable bonds is 3. The number of carbonyl (C=O) groups is 1. The minimum atomic E-state index is -0.321. The molecule has 1 fully saturated rings. The van der Waals surface area contributed by atoms with Gasteiger partial charge in [-0.25, -0.2) is 0 Å². The van der Waals surface area contributed by atoms with Crippen LogP contribution in [0.3, 0.4) is 0 Å². The second kappa shape index (κ2) is 7.26. The molecular weight excluding hydrogens is 440 g/mol. The van der Waals surface area contributed by atoms with Gasteiger partial charge in [0.25, 0.3) is 5.91 Å². The molecule has 26 heavy (non-hydrogen) atoms. The second-order valence-electron chi connectivity index (χ2n) is 5.61. The third-order valence-electron chi connectivity index (χ3n) is 3.87. The van der Waals surface area contributed by atoms with Crippen LogP contribution in [0.2, 0.25) is 5.02 Å². The van der Waals surface area contributed by atoms with E-state index < -0.39 is 0 Å². The summed E-state index contributed by atoms with van der Waals surface area (Å²) in [5.41, 5.74) is 2.14. The Kier molecular flexibility index (Phi) is 5.22. The highest BCUT2D eigenvalue weighted by Crippen LogP contribution is 2.35. The molecule has 2 aromatic carbocycles. The van der Waals surface area contributed by atoms with E-state index >= 15 is 0 Å². The van der Waals surface area contributed by atoms with Crippen molar-refractivity contribution in [3.8, 4) is 11.5 Å². The first-order chi connectivity index (χ1) is 12.3. The van der Waals surface area contributed by atoms with Crippen LogP contribution < -0.4 is 15.0 Å². The van der Waals surface area contributed by atoms with E-state index in [2.05, 4.69) is 21.2 Å². The number of ether oxygens (including phenoxy) is 1. The number of aromatic hydroxyl groups is 1. The summed E-state index contributed by atoms with van der Waals surface area (Å²) in [6.07, 6.45) is 1.53. The number of hydrogen-bond acceptors (Lipinski definition) is 4. The maximum Gasteiger partial charge on any atom is 0.281 e. The van der Waals surface area contributed by atoms with Crippen LogP contribution in [0.1, 0.15) is 11.1 Å². The molecule has 0 bridgehead atoms. The Hall–Kier alpha value is -2.09. The molecule has 0 spiro atoms. The van der Waals surface area contributed by atoms with Crippen molar-refractivity contribution in [1.82, 2.24) is 5.32 Å². The molecule has 2 N–H and O–H groups in total. The topological polar surface area (TPSA) is 61.8 Å². The molecule has 0 aliphatic carbocycles. The summed E-state index contributed by atoms with van der Waals surface area (Å²) in [6.45, 7) is 1.85. The number of nitrogens with one attached hydrogen (secondary N) is 1. The minimum absolute atomic E-state index is 0.0650. The van der Waals surface area contributed by atoms with Crippen molar-refractivity contribution in [3.05, 3.63) is 56.7 Å². The SMILES string of the molecule is COc1cc(Br)cc(C=C2NC(=S)N(c3ccc(Cl)cc3C)C2=O)c1O. The number of hydrogen-bond donors (Lipinski definition) is 2. The molecule has 2 aromatic rings. The van der Waals surface area contributed by atoms with Crippen LogP contribution in [-0.2, 0) is 4.79 Å². The molecule has 0 saturated carbocycles. The fourth-order valence-corrected chi connectivity index (χ4v) is 3.61. The lowest BCUT2D eigenvalue weighted by atomic mass is 10.1. The summed E-state index contributed by atoms with van der Waals surface area (Å²) in [7, 11) is 1.46. The van der Waals surface area contributed by atoms with E-state index in [1.807, 2.05) is 6.92 Å². The van der Waals surface area contributed by atoms with Gasteiger partial charge in [0.05, 0.1) is 12.8 Å². The predicted molar refractivity (Wildman–Crippen MR) is 110 cm³/mol. The number of benzene rings is 2. The first-order valence-corrected chi connectivity index (χ1v) is 9.09. The lowest BCUT2D eigenvalue weighted by Gasteiger charge is -2.16. The molecule has 1 amide bonds. The summed E-state index contributed by atoms with van der Waals surface area (Å²) >= 11 is 14.7. The number of phenolic OH excluding ortho intramolecular Hbond substituents is 1. The van der Waals surface area contributed by atoms with Gasteiger partial charge in [0.15, 0.2) is 16.6 Å². The molecule has 0 radical (unpaired) electrons. The number of halogens is 2. The molecule has 0 unspecified atom stereocenters. The van der Waals surface area contributed by atoms with Crippen molar-refractivity contribution in [2.75, 3.05) is 12.0 Å². The molecule has 1 aliphatic heterocycles. The summed E-state index contributed by atoms with van der Waals surface area (Å²) in [5, 5.41) is 14.0. The van der Waals surface area contributed by atoms with Gasteiger partial charge in [0.1, 0.15) is 5.70 Å². The highest BCUT2D eigenvalue weighted by molar-refractivity contribution is 9.10. The zero-order valence-electron chi connectivity index (χ0n) is 13.8. The van der Waals surface area contributed by atoms with Gasteiger partial charge in [-0.15, -0.1) is 0 Å². The summed E-state index contributed by atoms with van der Waals surface area (Å²) in [6, 6.07) is 8.52. The zero-order chi connectivity index (χ0) is 19.0. The van der Waals surface area contributed by atoms with Crippen molar-refractivity contribution in [2.24, 2.45) is 0 Å². The molecule has 134 valence electrons. The van der Waals surface area contributed by atoms with Crippen LogP contribution in [-0.4, -0.2) is 23.2 Å². The number of aryl methyl sites for hydroxylation is 1. The maximum atomic E-state index is 12.9. The van der Waals surface area contributed by atoms with Gasteiger partial charge in [0, 0.05) is 15.1 Å². The molecule has 5 nitrogen and oxygen atoms in total. The largest absolute Gasteiger partial charge is 0.504 e. The van der Waals surface area contributed by atoms with Crippen LogP contribution >= 0.6 is 39.7 Å². The smallest absolute Gasteiger partial charge is 0.281 e. The van der Waals surface area contributed by atoms with Gasteiger partial charge in [-0.1, -0.05) is 27.5 Å². The molecule has 1 aliphatic rings. The number of methoxy groups -OCH3 is 1.